The normalized spacial score (nSPS) is 17.4. The van der Waals surface area contributed by atoms with E-state index in [1.165, 1.54) is 6.20 Å². The van der Waals surface area contributed by atoms with E-state index >= 15 is 0 Å². The van der Waals surface area contributed by atoms with Crippen LogP contribution in [0.4, 0.5) is 10.6 Å². The molecule has 10 heteroatoms. The second kappa shape index (κ2) is 11.3. The molecule has 0 aromatic carbocycles. The molecule has 1 aromatic heterocycles. The van der Waals surface area contributed by atoms with Crippen LogP contribution < -0.4 is 10.2 Å². The number of aromatic nitrogens is 1. The van der Waals surface area contributed by atoms with Crippen molar-refractivity contribution in [1.82, 2.24) is 15.2 Å². The number of rotatable bonds is 6. The molecule has 0 spiro atoms. The Labute approximate surface area is 187 Å². The number of nitrogens with zero attached hydrogens (tertiary/aromatic N) is 4. The number of anilines is 1. The van der Waals surface area contributed by atoms with E-state index in [1.807, 2.05) is 6.07 Å². The van der Waals surface area contributed by atoms with Gasteiger partial charge in [0.1, 0.15) is 11.9 Å². The summed E-state index contributed by atoms with van der Waals surface area (Å²) in [6, 6.07) is 5.53. The van der Waals surface area contributed by atoms with Gasteiger partial charge >= 0.3 is 12.1 Å². The van der Waals surface area contributed by atoms with Gasteiger partial charge in [0.05, 0.1) is 18.1 Å². The minimum absolute atomic E-state index is 0.0463. The number of esters is 1. The molecule has 2 fully saturated rings. The van der Waals surface area contributed by atoms with Crippen molar-refractivity contribution in [3.8, 4) is 6.07 Å². The number of nitrogens with one attached hydrogen (secondary N) is 1. The molecule has 0 saturated carbocycles. The zero-order chi connectivity index (χ0) is 22.9. The molecule has 3 heterocycles. The zero-order valence-electron chi connectivity index (χ0n) is 18.3. The number of piperidine rings is 2. The summed E-state index contributed by atoms with van der Waals surface area (Å²) in [6.07, 6.45) is 3.73. The molecule has 1 aromatic rings. The van der Waals surface area contributed by atoms with Crippen LogP contribution in [0.15, 0.2) is 18.3 Å². The molecule has 0 bridgehead atoms. The molecular weight excluding hydrogens is 414 g/mol. The molecule has 32 heavy (non-hydrogen) atoms. The van der Waals surface area contributed by atoms with E-state index in [9.17, 15) is 14.4 Å². The van der Waals surface area contributed by atoms with Gasteiger partial charge in [-0.2, -0.15) is 5.26 Å². The first kappa shape index (κ1) is 23.3. The lowest BCUT2D eigenvalue weighted by molar-refractivity contribution is -0.153. The van der Waals surface area contributed by atoms with Gasteiger partial charge in [-0.15, -0.1) is 0 Å². The highest BCUT2D eigenvalue weighted by molar-refractivity contribution is 5.81. The Kier molecular flexibility index (Phi) is 8.25. The molecular formula is C22H29N5O5. The summed E-state index contributed by atoms with van der Waals surface area (Å²) in [7, 11) is 0. The Bertz CT molecular complexity index is 837. The van der Waals surface area contributed by atoms with E-state index in [0.717, 1.165) is 5.82 Å². The van der Waals surface area contributed by atoms with E-state index in [-0.39, 0.29) is 36.5 Å². The Balaban J connectivity index is 1.34. The molecule has 0 atom stereocenters. The number of hydrogen-bond donors (Lipinski definition) is 1. The minimum atomic E-state index is -0.357. The Hall–Kier alpha value is -3.35. The first-order chi connectivity index (χ1) is 15.5. The van der Waals surface area contributed by atoms with Gasteiger partial charge in [0.15, 0.2) is 6.61 Å². The predicted molar refractivity (Wildman–Crippen MR) is 115 cm³/mol. The van der Waals surface area contributed by atoms with E-state index in [4.69, 9.17) is 14.7 Å². The number of carbonyl (C=O) groups is 3. The van der Waals surface area contributed by atoms with Gasteiger partial charge in [-0.1, -0.05) is 0 Å². The topological polar surface area (TPSA) is 125 Å². The largest absolute Gasteiger partial charge is 0.455 e. The van der Waals surface area contributed by atoms with Crippen LogP contribution in [0, 0.1) is 17.2 Å². The zero-order valence-corrected chi connectivity index (χ0v) is 18.3. The standard InChI is InChI=1S/C22H29N5O5/c1-2-31-22(30)27-11-7-18(8-12-27)25-20(28)15-32-21(29)17-5-9-26(10-6-17)19-4-3-16(13-23)14-24-19/h3-4,14,17-18H,2,5-12,15H2,1H3,(H,25,28). The van der Waals surface area contributed by atoms with Crippen molar-refractivity contribution in [1.29, 1.82) is 5.26 Å². The van der Waals surface area contributed by atoms with Crippen LogP contribution in [0.25, 0.3) is 0 Å². The number of nitriles is 1. The summed E-state index contributed by atoms with van der Waals surface area (Å²) in [5.74, 6) is -0.147. The lowest BCUT2D eigenvalue weighted by Gasteiger charge is -2.32. The smallest absolute Gasteiger partial charge is 0.409 e. The summed E-state index contributed by atoms with van der Waals surface area (Å²) in [6.45, 7) is 4.17. The number of amides is 2. The monoisotopic (exact) mass is 443 g/mol. The number of likely N-dealkylation sites (tertiary alicyclic amines) is 1. The summed E-state index contributed by atoms with van der Waals surface area (Å²) in [5, 5.41) is 11.7. The number of pyridine rings is 1. The SMILES string of the molecule is CCOC(=O)N1CCC(NC(=O)COC(=O)C2CCN(c3ccc(C#N)cn3)CC2)CC1. The minimum Gasteiger partial charge on any atom is -0.455 e. The third-order valence-corrected chi connectivity index (χ3v) is 5.76. The van der Waals surface area contributed by atoms with Crippen molar-refractivity contribution in [3.63, 3.8) is 0 Å². The molecule has 0 radical (unpaired) electrons. The molecule has 172 valence electrons. The lowest BCUT2D eigenvalue weighted by atomic mass is 9.97. The van der Waals surface area contributed by atoms with Crippen molar-refractivity contribution in [2.24, 2.45) is 5.92 Å². The van der Waals surface area contributed by atoms with Crippen molar-refractivity contribution in [2.75, 3.05) is 44.3 Å². The highest BCUT2D eigenvalue weighted by Gasteiger charge is 2.28. The third-order valence-electron chi connectivity index (χ3n) is 5.76. The average molecular weight is 444 g/mol. The van der Waals surface area contributed by atoms with Gasteiger partial charge in [-0.05, 0) is 44.7 Å². The molecule has 2 amide bonds. The van der Waals surface area contributed by atoms with Crippen LogP contribution in [-0.4, -0.2) is 73.3 Å². The van der Waals surface area contributed by atoms with Crippen molar-refractivity contribution in [2.45, 2.75) is 38.6 Å². The summed E-state index contributed by atoms with van der Waals surface area (Å²) in [4.78, 5) is 44.3. The third kappa shape index (κ3) is 6.33. The summed E-state index contributed by atoms with van der Waals surface area (Å²) >= 11 is 0. The first-order valence-corrected chi connectivity index (χ1v) is 11.0. The van der Waals surface area contributed by atoms with Gasteiger partial charge in [0, 0.05) is 38.4 Å². The number of hydrogen-bond acceptors (Lipinski definition) is 8. The van der Waals surface area contributed by atoms with E-state index < -0.39 is 0 Å². The predicted octanol–water partition coefficient (Wildman–Crippen LogP) is 1.45. The summed E-state index contributed by atoms with van der Waals surface area (Å²) in [5.41, 5.74) is 0.509. The average Bonchev–Trinajstić information content (AvgIpc) is 2.83. The van der Waals surface area contributed by atoms with E-state index in [1.54, 1.807) is 24.0 Å². The van der Waals surface area contributed by atoms with E-state index in [2.05, 4.69) is 15.2 Å². The summed E-state index contributed by atoms with van der Waals surface area (Å²) < 4.78 is 10.2. The molecule has 2 aliphatic heterocycles. The number of carbonyl (C=O) groups excluding carboxylic acids is 3. The lowest BCUT2D eigenvalue weighted by Crippen LogP contribution is -2.47. The highest BCUT2D eigenvalue weighted by atomic mass is 16.6. The quantitative estimate of drug-likeness (QED) is 0.655. The second-order valence-electron chi connectivity index (χ2n) is 7.91. The molecule has 3 rings (SSSR count). The maximum Gasteiger partial charge on any atom is 0.409 e. The fourth-order valence-corrected chi connectivity index (χ4v) is 3.93. The van der Waals surface area contributed by atoms with Crippen LogP contribution in [0.3, 0.4) is 0 Å². The Morgan fingerprint density at radius 1 is 1.12 bits per heavy atom. The first-order valence-electron chi connectivity index (χ1n) is 11.0. The molecule has 10 nitrogen and oxygen atoms in total. The molecule has 1 N–H and O–H groups in total. The van der Waals surface area contributed by atoms with E-state index in [0.29, 0.717) is 64.0 Å². The van der Waals surface area contributed by atoms with Crippen LogP contribution in [0.2, 0.25) is 0 Å². The fourth-order valence-electron chi connectivity index (χ4n) is 3.93. The Morgan fingerprint density at radius 2 is 1.84 bits per heavy atom. The molecule has 2 aliphatic rings. The molecule has 0 aliphatic carbocycles. The highest BCUT2D eigenvalue weighted by Crippen LogP contribution is 2.23. The van der Waals surface area contributed by atoms with Crippen LogP contribution in [0.1, 0.15) is 38.2 Å². The fraction of sp³-hybridized carbons (Fsp3) is 0.591. The van der Waals surface area contributed by atoms with Gasteiger partial charge < -0.3 is 24.6 Å². The van der Waals surface area contributed by atoms with Gasteiger partial charge in [0.25, 0.3) is 5.91 Å². The van der Waals surface area contributed by atoms with Crippen molar-refractivity contribution in [3.05, 3.63) is 23.9 Å². The van der Waals surface area contributed by atoms with Crippen LogP contribution in [0.5, 0.6) is 0 Å². The van der Waals surface area contributed by atoms with Gasteiger partial charge in [-0.3, -0.25) is 9.59 Å². The van der Waals surface area contributed by atoms with Gasteiger partial charge in [0.2, 0.25) is 0 Å². The maximum absolute atomic E-state index is 12.4. The van der Waals surface area contributed by atoms with Gasteiger partial charge in [-0.25, -0.2) is 9.78 Å². The Morgan fingerprint density at radius 3 is 2.44 bits per heavy atom. The van der Waals surface area contributed by atoms with Crippen molar-refractivity contribution >= 4 is 23.8 Å². The van der Waals surface area contributed by atoms with Crippen LogP contribution in [-0.2, 0) is 19.1 Å². The van der Waals surface area contributed by atoms with Crippen LogP contribution >= 0.6 is 0 Å². The molecule has 2 saturated heterocycles. The number of ether oxygens (including phenoxy) is 2. The van der Waals surface area contributed by atoms with Crippen molar-refractivity contribution < 1.29 is 23.9 Å². The second-order valence-corrected chi connectivity index (χ2v) is 7.91. The maximum atomic E-state index is 12.4. The molecule has 0 unspecified atom stereocenters.